The summed E-state index contributed by atoms with van der Waals surface area (Å²) in [6, 6.07) is 9.51. The maximum atomic E-state index is 11.6. The van der Waals surface area contributed by atoms with Crippen LogP contribution in [0.25, 0.3) is 0 Å². The van der Waals surface area contributed by atoms with Gasteiger partial charge in [-0.3, -0.25) is 9.80 Å². The Morgan fingerprint density at radius 3 is 2.16 bits per heavy atom. The van der Waals surface area contributed by atoms with Crippen LogP contribution in [0.15, 0.2) is 40.6 Å². The van der Waals surface area contributed by atoms with Crippen LogP contribution in [0.1, 0.15) is 22.4 Å². The number of rotatable bonds is 5. The highest BCUT2D eigenvalue weighted by atomic mass is 32.2. The van der Waals surface area contributed by atoms with Gasteiger partial charge in [0.05, 0.1) is 4.90 Å². The van der Waals surface area contributed by atoms with Gasteiger partial charge in [0.2, 0.25) is 0 Å². The zero-order chi connectivity index (χ0) is 17.9. The fourth-order valence-corrected chi connectivity index (χ4v) is 4.79. The van der Waals surface area contributed by atoms with E-state index in [-0.39, 0.29) is 0 Å². The lowest BCUT2D eigenvalue weighted by Crippen LogP contribution is -2.30. The van der Waals surface area contributed by atoms with Gasteiger partial charge in [-0.1, -0.05) is 12.1 Å². The second kappa shape index (κ2) is 7.99. The Morgan fingerprint density at radius 1 is 0.960 bits per heavy atom. The molecule has 2 heterocycles. The molecule has 1 aliphatic rings. The normalized spacial score (nSPS) is 17.5. The Bertz CT molecular complexity index is 797. The summed E-state index contributed by atoms with van der Waals surface area (Å²) in [5.74, 6) is 0. The zero-order valence-corrected chi connectivity index (χ0v) is 16.6. The van der Waals surface area contributed by atoms with E-state index in [1.807, 2.05) is 23.5 Å². The molecule has 1 aromatic heterocycles. The summed E-state index contributed by atoms with van der Waals surface area (Å²) in [6.45, 7) is 8.50. The number of nitrogens with zero attached hydrogens (tertiary/aromatic N) is 2. The third-order valence-corrected chi connectivity index (χ3v) is 6.91. The predicted molar refractivity (Wildman–Crippen MR) is 104 cm³/mol. The van der Waals surface area contributed by atoms with Gasteiger partial charge in [-0.25, -0.2) is 8.42 Å². The predicted octanol–water partition coefficient (Wildman–Crippen LogP) is 3.17. The first-order valence-electron chi connectivity index (χ1n) is 8.68. The average Bonchev–Trinajstić information content (AvgIpc) is 2.83. The van der Waals surface area contributed by atoms with E-state index in [1.165, 1.54) is 28.7 Å². The highest BCUT2D eigenvalue weighted by Crippen LogP contribution is 2.19. The standard InChI is InChI=1S/C19H26N2O2S2/c1-16-8-13-24-19(16)15-21-10-3-9-20(11-12-21)14-17-4-6-18(7-5-17)25(2,22)23/h4-8,13H,3,9-12,14-15H2,1-2H3. The highest BCUT2D eigenvalue weighted by molar-refractivity contribution is 7.90. The first kappa shape index (κ1) is 18.6. The topological polar surface area (TPSA) is 40.6 Å². The van der Waals surface area contributed by atoms with Crippen molar-refractivity contribution in [2.75, 3.05) is 32.4 Å². The van der Waals surface area contributed by atoms with Crippen molar-refractivity contribution in [2.24, 2.45) is 0 Å². The Balaban J connectivity index is 1.55. The minimum Gasteiger partial charge on any atom is -0.298 e. The van der Waals surface area contributed by atoms with Crippen LogP contribution in [-0.2, 0) is 22.9 Å². The Morgan fingerprint density at radius 2 is 1.60 bits per heavy atom. The molecule has 0 bridgehead atoms. The SMILES string of the molecule is Cc1ccsc1CN1CCCN(Cc2ccc(S(C)(=O)=O)cc2)CC1. The summed E-state index contributed by atoms with van der Waals surface area (Å²) in [5, 5.41) is 2.18. The Hall–Kier alpha value is -1.21. The number of sulfone groups is 1. The van der Waals surface area contributed by atoms with Gasteiger partial charge in [-0.2, -0.15) is 0 Å². The largest absolute Gasteiger partial charge is 0.298 e. The molecular formula is C19H26N2O2S2. The molecule has 1 aromatic carbocycles. The highest BCUT2D eigenvalue weighted by Gasteiger charge is 2.16. The van der Waals surface area contributed by atoms with E-state index >= 15 is 0 Å². The van der Waals surface area contributed by atoms with E-state index in [4.69, 9.17) is 0 Å². The summed E-state index contributed by atoms with van der Waals surface area (Å²) in [7, 11) is -3.11. The third-order valence-electron chi connectivity index (χ3n) is 4.77. The third kappa shape index (κ3) is 5.14. The van der Waals surface area contributed by atoms with Crippen LogP contribution >= 0.6 is 11.3 Å². The molecule has 0 radical (unpaired) electrons. The summed E-state index contributed by atoms with van der Waals surface area (Å²) in [5.41, 5.74) is 2.58. The number of hydrogen-bond donors (Lipinski definition) is 0. The van der Waals surface area contributed by atoms with Crippen LogP contribution in [0.4, 0.5) is 0 Å². The van der Waals surface area contributed by atoms with Gasteiger partial charge in [-0.15, -0.1) is 11.3 Å². The maximum Gasteiger partial charge on any atom is 0.175 e. The lowest BCUT2D eigenvalue weighted by Gasteiger charge is -2.22. The maximum absolute atomic E-state index is 11.6. The van der Waals surface area contributed by atoms with Crippen LogP contribution in [0.2, 0.25) is 0 Å². The fraction of sp³-hybridized carbons (Fsp3) is 0.474. The van der Waals surface area contributed by atoms with Crippen LogP contribution in [-0.4, -0.2) is 50.7 Å². The number of hydrogen-bond acceptors (Lipinski definition) is 5. The van der Waals surface area contributed by atoms with Crippen LogP contribution in [0.5, 0.6) is 0 Å². The van der Waals surface area contributed by atoms with Gasteiger partial charge < -0.3 is 0 Å². The van der Waals surface area contributed by atoms with Crippen molar-refractivity contribution in [3.8, 4) is 0 Å². The van der Waals surface area contributed by atoms with E-state index in [2.05, 4.69) is 28.2 Å². The summed E-state index contributed by atoms with van der Waals surface area (Å²) in [4.78, 5) is 6.89. The van der Waals surface area contributed by atoms with E-state index in [1.54, 1.807) is 12.1 Å². The second-order valence-electron chi connectivity index (χ2n) is 6.85. The summed E-state index contributed by atoms with van der Waals surface area (Å²) in [6.07, 6.45) is 2.42. The molecular weight excluding hydrogens is 352 g/mol. The zero-order valence-electron chi connectivity index (χ0n) is 14.9. The Labute approximate surface area is 155 Å². The van der Waals surface area contributed by atoms with Gasteiger partial charge in [-0.05, 0) is 61.1 Å². The molecule has 136 valence electrons. The number of thiophene rings is 1. The molecule has 0 unspecified atom stereocenters. The molecule has 0 saturated carbocycles. The van der Waals surface area contributed by atoms with E-state index in [0.717, 1.165) is 39.3 Å². The van der Waals surface area contributed by atoms with Gasteiger partial charge in [0, 0.05) is 37.3 Å². The lowest BCUT2D eigenvalue weighted by atomic mass is 10.2. The molecule has 0 amide bonds. The molecule has 0 spiro atoms. The second-order valence-corrected chi connectivity index (χ2v) is 9.87. The van der Waals surface area contributed by atoms with Gasteiger partial charge >= 0.3 is 0 Å². The van der Waals surface area contributed by atoms with Gasteiger partial charge in [0.1, 0.15) is 0 Å². The fourth-order valence-electron chi connectivity index (χ4n) is 3.21. The van der Waals surface area contributed by atoms with Crippen molar-refractivity contribution >= 4 is 21.2 Å². The first-order valence-corrected chi connectivity index (χ1v) is 11.5. The molecule has 25 heavy (non-hydrogen) atoms. The van der Waals surface area contributed by atoms with Crippen molar-refractivity contribution < 1.29 is 8.42 Å². The van der Waals surface area contributed by atoms with Crippen molar-refractivity contribution in [3.05, 3.63) is 51.7 Å². The monoisotopic (exact) mass is 378 g/mol. The molecule has 2 aromatic rings. The Kier molecular flexibility index (Phi) is 5.94. The molecule has 4 nitrogen and oxygen atoms in total. The molecule has 3 rings (SSSR count). The molecule has 1 fully saturated rings. The molecule has 1 saturated heterocycles. The summed E-state index contributed by atoms with van der Waals surface area (Å²) >= 11 is 1.85. The van der Waals surface area contributed by atoms with E-state index < -0.39 is 9.84 Å². The lowest BCUT2D eigenvalue weighted by molar-refractivity contribution is 0.248. The van der Waals surface area contributed by atoms with E-state index in [9.17, 15) is 8.42 Å². The molecule has 1 aliphatic heterocycles. The smallest absolute Gasteiger partial charge is 0.175 e. The molecule has 0 atom stereocenters. The number of aryl methyl sites for hydroxylation is 1. The van der Waals surface area contributed by atoms with Crippen LogP contribution < -0.4 is 0 Å². The first-order chi connectivity index (χ1) is 11.9. The van der Waals surface area contributed by atoms with Crippen molar-refractivity contribution in [1.82, 2.24) is 9.80 Å². The van der Waals surface area contributed by atoms with Crippen molar-refractivity contribution in [1.29, 1.82) is 0 Å². The minimum atomic E-state index is -3.11. The average molecular weight is 379 g/mol. The molecule has 6 heteroatoms. The van der Waals surface area contributed by atoms with Crippen molar-refractivity contribution in [2.45, 2.75) is 31.3 Å². The van der Waals surface area contributed by atoms with Crippen LogP contribution in [0, 0.1) is 6.92 Å². The van der Waals surface area contributed by atoms with Crippen molar-refractivity contribution in [3.63, 3.8) is 0 Å². The minimum absolute atomic E-state index is 0.393. The quantitative estimate of drug-likeness (QED) is 0.801. The number of benzene rings is 1. The molecule has 0 aliphatic carbocycles. The molecule has 0 N–H and O–H groups in total. The van der Waals surface area contributed by atoms with Crippen LogP contribution in [0.3, 0.4) is 0 Å². The van der Waals surface area contributed by atoms with E-state index in [0.29, 0.717) is 4.90 Å². The van der Waals surface area contributed by atoms with Gasteiger partial charge in [0.15, 0.2) is 9.84 Å². The van der Waals surface area contributed by atoms with Gasteiger partial charge in [0.25, 0.3) is 0 Å². The summed E-state index contributed by atoms with van der Waals surface area (Å²) < 4.78 is 23.1.